The lowest BCUT2D eigenvalue weighted by molar-refractivity contribution is -0.127. The Balaban J connectivity index is 1.68. The molecule has 27 heavy (non-hydrogen) atoms. The van der Waals surface area contributed by atoms with Crippen molar-refractivity contribution in [1.82, 2.24) is 25.2 Å². The predicted molar refractivity (Wildman–Crippen MR) is 89.6 cm³/mol. The normalized spacial score (nSPS) is 16.5. The summed E-state index contributed by atoms with van der Waals surface area (Å²) in [6, 6.07) is 4.19. The fraction of sp³-hybridized carbons (Fsp3) is 0.353. The SMILES string of the molecule is COCCn1cc(CC2NC(=O)N(Cc3ccc(F)cc3C#N)C2=O)nn1. The molecule has 3 amide bonds. The first-order valence-corrected chi connectivity index (χ1v) is 8.20. The number of carbonyl (C=O) groups excluding carboxylic acids is 2. The van der Waals surface area contributed by atoms with Crippen LogP contribution in [-0.4, -0.2) is 51.6 Å². The Bertz CT molecular complexity index is 906. The summed E-state index contributed by atoms with van der Waals surface area (Å²) < 4.78 is 19.8. The molecule has 0 spiro atoms. The lowest BCUT2D eigenvalue weighted by atomic mass is 10.1. The van der Waals surface area contributed by atoms with E-state index >= 15 is 0 Å². The van der Waals surface area contributed by atoms with Crippen molar-refractivity contribution in [2.45, 2.75) is 25.6 Å². The zero-order valence-electron chi connectivity index (χ0n) is 14.6. The predicted octanol–water partition coefficient (Wildman–Crippen LogP) is 0.598. The molecule has 1 unspecified atom stereocenters. The topological polar surface area (TPSA) is 113 Å². The number of methoxy groups -OCH3 is 1. The Morgan fingerprint density at radius 2 is 2.22 bits per heavy atom. The molecule has 1 N–H and O–H groups in total. The van der Waals surface area contributed by atoms with Crippen LogP contribution < -0.4 is 5.32 Å². The van der Waals surface area contributed by atoms with Gasteiger partial charge in [0.2, 0.25) is 0 Å². The number of rotatable bonds is 7. The van der Waals surface area contributed by atoms with Crippen LogP contribution in [0.1, 0.15) is 16.8 Å². The first-order valence-electron chi connectivity index (χ1n) is 8.20. The summed E-state index contributed by atoms with van der Waals surface area (Å²) in [6.45, 7) is 0.904. The minimum atomic E-state index is -0.768. The molecule has 1 aliphatic rings. The number of nitrogens with one attached hydrogen (secondary N) is 1. The van der Waals surface area contributed by atoms with E-state index in [1.54, 1.807) is 18.0 Å². The summed E-state index contributed by atoms with van der Waals surface area (Å²) in [6.07, 6.45) is 1.89. The maximum absolute atomic E-state index is 13.3. The molecule has 1 atom stereocenters. The summed E-state index contributed by atoms with van der Waals surface area (Å²) in [4.78, 5) is 25.8. The second-order valence-corrected chi connectivity index (χ2v) is 6.01. The van der Waals surface area contributed by atoms with Crippen molar-refractivity contribution < 1.29 is 18.7 Å². The zero-order chi connectivity index (χ0) is 19.4. The second kappa shape index (κ2) is 7.92. The number of carbonyl (C=O) groups is 2. The molecule has 1 saturated heterocycles. The quantitative estimate of drug-likeness (QED) is 0.712. The van der Waals surface area contributed by atoms with Gasteiger partial charge in [0.15, 0.2) is 0 Å². The van der Waals surface area contributed by atoms with E-state index in [9.17, 15) is 14.0 Å². The Labute approximate surface area is 154 Å². The number of ether oxygens (including phenoxy) is 1. The third kappa shape index (κ3) is 4.09. The monoisotopic (exact) mass is 372 g/mol. The van der Waals surface area contributed by atoms with Crippen molar-refractivity contribution >= 4 is 11.9 Å². The van der Waals surface area contributed by atoms with Crippen LogP contribution in [0.2, 0.25) is 0 Å². The maximum Gasteiger partial charge on any atom is 0.325 e. The molecule has 2 aromatic rings. The van der Waals surface area contributed by atoms with Gasteiger partial charge < -0.3 is 10.1 Å². The van der Waals surface area contributed by atoms with Gasteiger partial charge in [-0.25, -0.2) is 13.9 Å². The highest BCUT2D eigenvalue weighted by atomic mass is 19.1. The van der Waals surface area contributed by atoms with Gasteiger partial charge in [0.1, 0.15) is 11.9 Å². The third-order valence-electron chi connectivity index (χ3n) is 4.15. The number of nitrogens with zero attached hydrogens (tertiary/aromatic N) is 5. The number of nitriles is 1. The summed E-state index contributed by atoms with van der Waals surface area (Å²) in [7, 11) is 1.58. The van der Waals surface area contributed by atoms with Gasteiger partial charge in [-0.05, 0) is 17.7 Å². The molecule has 9 nitrogen and oxygen atoms in total. The Morgan fingerprint density at radius 1 is 1.41 bits per heavy atom. The summed E-state index contributed by atoms with van der Waals surface area (Å²) in [5.41, 5.74) is 1.04. The number of imide groups is 1. The van der Waals surface area contributed by atoms with Gasteiger partial charge in [0.25, 0.3) is 5.91 Å². The molecule has 140 valence electrons. The van der Waals surface area contributed by atoms with Crippen LogP contribution in [0.5, 0.6) is 0 Å². The van der Waals surface area contributed by atoms with Crippen molar-refractivity contribution in [3.63, 3.8) is 0 Å². The van der Waals surface area contributed by atoms with Crippen LogP contribution in [-0.2, 0) is 29.0 Å². The van der Waals surface area contributed by atoms with Gasteiger partial charge in [-0.15, -0.1) is 5.10 Å². The number of aromatic nitrogens is 3. The van der Waals surface area contributed by atoms with Crippen LogP contribution in [0.15, 0.2) is 24.4 Å². The summed E-state index contributed by atoms with van der Waals surface area (Å²) in [5.74, 6) is -0.985. The highest BCUT2D eigenvalue weighted by Crippen LogP contribution is 2.18. The number of hydrogen-bond donors (Lipinski definition) is 1. The Morgan fingerprint density at radius 3 is 2.96 bits per heavy atom. The van der Waals surface area contributed by atoms with Crippen molar-refractivity contribution in [2.75, 3.05) is 13.7 Å². The first kappa shape index (κ1) is 18.5. The van der Waals surface area contributed by atoms with Gasteiger partial charge in [-0.3, -0.25) is 9.69 Å². The van der Waals surface area contributed by atoms with Crippen LogP contribution in [0, 0.1) is 17.1 Å². The van der Waals surface area contributed by atoms with E-state index in [2.05, 4.69) is 15.6 Å². The van der Waals surface area contributed by atoms with Crippen LogP contribution in [0.4, 0.5) is 9.18 Å². The highest BCUT2D eigenvalue weighted by molar-refractivity contribution is 6.04. The molecule has 0 bridgehead atoms. The Hall–Kier alpha value is -3.32. The lowest BCUT2D eigenvalue weighted by Gasteiger charge is -2.14. The number of urea groups is 1. The molecule has 1 aromatic heterocycles. The molecule has 2 heterocycles. The molecule has 1 fully saturated rings. The number of hydrogen-bond acceptors (Lipinski definition) is 6. The fourth-order valence-electron chi connectivity index (χ4n) is 2.76. The van der Waals surface area contributed by atoms with E-state index in [0.717, 1.165) is 11.0 Å². The smallest absolute Gasteiger partial charge is 0.325 e. The molecular weight excluding hydrogens is 355 g/mol. The molecular formula is C17H17FN6O3. The number of amides is 3. The first-order chi connectivity index (χ1) is 13.0. The van der Waals surface area contributed by atoms with E-state index in [-0.39, 0.29) is 18.5 Å². The molecule has 1 aliphatic heterocycles. The number of halogens is 1. The third-order valence-corrected chi connectivity index (χ3v) is 4.15. The van der Waals surface area contributed by atoms with Crippen LogP contribution in [0.3, 0.4) is 0 Å². The van der Waals surface area contributed by atoms with E-state index in [1.165, 1.54) is 12.1 Å². The minimum Gasteiger partial charge on any atom is -0.383 e. The van der Waals surface area contributed by atoms with Gasteiger partial charge in [0.05, 0.1) is 37.0 Å². The minimum absolute atomic E-state index is 0.0835. The van der Waals surface area contributed by atoms with E-state index in [4.69, 9.17) is 10.00 Å². The standard InChI is InChI=1S/C17H17FN6O3/c1-27-5-4-23-10-14(21-22-23)7-15-16(25)24(17(26)20-15)9-11-2-3-13(18)6-12(11)8-19/h2-3,6,10,15H,4-5,7,9H2,1H3,(H,20,26). The van der Waals surface area contributed by atoms with Gasteiger partial charge in [-0.2, -0.15) is 5.26 Å². The molecule has 10 heteroatoms. The summed E-state index contributed by atoms with van der Waals surface area (Å²) >= 11 is 0. The fourth-order valence-corrected chi connectivity index (χ4v) is 2.76. The zero-order valence-corrected chi connectivity index (χ0v) is 14.6. The molecule has 0 aliphatic carbocycles. The second-order valence-electron chi connectivity index (χ2n) is 6.01. The van der Waals surface area contributed by atoms with Crippen molar-refractivity contribution in [3.05, 3.63) is 47.0 Å². The Kier molecular flexibility index (Phi) is 5.42. The van der Waals surface area contributed by atoms with E-state index < -0.39 is 23.8 Å². The maximum atomic E-state index is 13.3. The van der Waals surface area contributed by atoms with Gasteiger partial charge >= 0.3 is 6.03 Å². The van der Waals surface area contributed by atoms with Crippen molar-refractivity contribution in [1.29, 1.82) is 5.26 Å². The lowest BCUT2D eigenvalue weighted by Crippen LogP contribution is -2.32. The number of benzene rings is 1. The molecule has 0 radical (unpaired) electrons. The van der Waals surface area contributed by atoms with Crippen LogP contribution in [0.25, 0.3) is 0 Å². The molecule has 1 aromatic carbocycles. The average Bonchev–Trinajstić information content (AvgIpc) is 3.21. The van der Waals surface area contributed by atoms with Gasteiger partial charge in [0, 0.05) is 19.7 Å². The molecule has 3 rings (SSSR count). The average molecular weight is 372 g/mol. The van der Waals surface area contributed by atoms with Crippen LogP contribution >= 0.6 is 0 Å². The largest absolute Gasteiger partial charge is 0.383 e. The van der Waals surface area contributed by atoms with Crippen molar-refractivity contribution in [3.8, 4) is 6.07 Å². The molecule has 0 saturated carbocycles. The summed E-state index contributed by atoms with van der Waals surface area (Å²) in [5, 5.41) is 19.6. The van der Waals surface area contributed by atoms with Gasteiger partial charge in [-0.1, -0.05) is 11.3 Å². The van der Waals surface area contributed by atoms with E-state index in [0.29, 0.717) is 24.4 Å². The van der Waals surface area contributed by atoms with E-state index in [1.807, 2.05) is 6.07 Å². The van der Waals surface area contributed by atoms with Crippen molar-refractivity contribution in [2.24, 2.45) is 0 Å². The highest BCUT2D eigenvalue weighted by Gasteiger charge is 2.38.